The first-order chi connectivity index (χ1) is 5.24. The number of aliphatic carboxylic acids is 1. The van der Waals surface area contributed by atoms with Crippen LogP contribution in [0.25, 0.3) is 0 Å². The molecule has 0 aromatic rings. The molecule has 1 rings (SSSR count). The van der Waals surface area contributed by atoms with Crippen LogP contribution in [0, 0.1) is 0 Å². The number of hydrogen-bond acceptors (Lipinski definition) is 3. The van der Waals surface area contributed by atoms with Crippen molar-refractivity contribution in [2.24, 2.45) is 5.73 Å². The minimum atomic E-state index is -0.759. The molecular weight excluding hydrogens is 144 g/mol. The van der Waals surface area contributed by atoms with Crippen molar-refractivity contribution in [1.82, 2.24) is 4.90 Å². The molecule has 1 fully saturated rings. The van der Waals surface area contributed by atoms with Gasteiger partial charge in [0.2, 0.25) is 0 Å². The van der Waals surface area contributed by atoms with Crippen molar-refractivity contribution >= 4 is 5.97 Å². The molecule has 64 valence electrons. The maximum atomic E-state index is 10.3. The van der Waals surface area contributed by atoms with E-state index in [0.717, 1.165) is 19.4 Å². The van der Waals surface area contributed by atoms with Crippen LogP contribution in [0.15, 0.2) is 0 Å². The first-order valence-electron chi connectivity index (χ1n) is 3.90. The number of nitrogens with two attached hydrogens (primary N) is 1. The summed E-state index contributed by atoms with van der Waals surface area (Å²) in [7, 11) is 0. The van der Waals surface area contributed by atoms with Crippen molar-refractivity contribution in [2.75, 3.05) is 19.6 Å². The Hall–Kier alpha value is -0.610. The van der Waals surface area contributed by atoms with Crippen LogP contribution in [0.4, 0.5) is 0 Å². The molecule has 1 atom stereocenters. The summed E-state index contributed by atoms with van der Waals surface area (Å²) < 4.78 is 0. The second-order valence-electron chi connectivity index (χ2n) is 2.90. The highest BCUT2D eigenvalue weighted by atomic mass is 16.4. The van der Waals surface area contributed by atoms with Gasteiger partial charge in [0.15, 0.2) is 0 Å². The average Bonchev–Trinajstić information content (AvgIpc) is 2.34. The fraction of sp³-hybridized carbons (Fsp3) is 0.857. The van der Waals surface area contributed by atoms with Gasteiger partial charge < -0.3 is 10.8 Å². The largest absolute Gasteiger partial charge is 0.480 e. The lowest BCUT2D eigenvalue weighted by Gasteiger charge is -2.20. The summed E-state index contributed by atoms with van der Waals surface area (Å²) in [6.07, 6.45) is 2.12. The Morgan fingerprint density at radius 1 is 1.73 bits per heavy atom. The van der Waals surface area contributed by atoms with Gasteiger partial charge in [0.1, 0.15) is 0 Å². The minimum Gasteiger partial charge on any atom is -0.480 e. The number of carbonyl (C=O) groups is 1. The van der Waals surface area contributed by atoms with E-state index < -0.39 is 5.97 Å². The summed E-state index contributed by atoms with van der Waals surface area (Å²) in [4.78, 5) is 12.3. The topological polar surface area (TPSA) is 66.6 Å². The predicted octanol–water partition coefficient (Wildman–Crippen LogP) is -0.506. The summed E-state index contributed by atoms with van der Waals surface area (Å²) in [5, 5.41) is 8.50. The number of hydrogen-bond donors (Lipinski definition) is 2. The third-order valence-electron chi connectivity index (χ3n) is 2.11. The fourth-order valence-corrected chi connectivity index (χ4v) is 1.54. The van der Waals surface area contributed by atoms with E-state index in [0.29, 0.717) is 12.6 Å². The Morgan fingerprint density at radius 3 is 3.00 bits per heavy atom. The third kappa shape index (κ3) is 2.17. The van der Waals surface area contributed by atoms with Crippen molar-refractivity contribution in [3.8, 4) is 0 Å². The molecule has 4 nitrogen and oxygen atoms in total. The Labute approximate surface area is 66.0 Å². The summed E-state index contributed by atoms with van der Waals surface area (Å²) >= 11 is 0. The van der Waals surface area contributed by atoms with Crippen LogP contribution in [0.2, 0.25) is 0 Å². The van der Waals surface area contributed by atoms with Crippen LogP contribution >= 0.6 is 0 Å². The highest BCUT2D eigenvalue weighted by Crippen LogP contribution is 2.14. The second kappa shape index (κ2) is 3.69. The Morgan fingerprint density at radius 2 is 2.45 bits per heavy atom. The number of carboxylic acid groups (broad SMARTS) is 1. The number of likely N-dealkylation sites (tertiary alicyclic amines) is 1. The van der Waals surface area contributed by atoms with Crippen molar-refractivity contribution in [1.29, 1.82) is 0 Å². The van der Waals surface area contributed by atoms with Crippen LogP contribution in [-0.2, 0) is 4.79 Å². The Bertz CT molecular complexity index is 149. The van der Waals surface area contributed by atoms with Crippen molar-refractivity contribution in [2.45, 2.75) is 18.9 Å². The van der Waals surface area contributed by atoms with Gasteiger partial charge >= 0.3 is 5.97 Å². The fourth-order valence-electron chi connectivity index (χ4n) is 1.54. The summed E-state index contributed by atoms with van der Waals surface area (Å²) in [5.41, 5.74) is 5.47. The Kier molecular flexibility index (Phi) is 2.84. The van der Waals surface area contributed by atoms with Gasteiger partial charge in [-0.1, -0.05) is 0 Å². The predicted molar refractivity (Wildman–Crippen MR) is 41.3 cm³/mol. The van der Waals surface area contributed by atoms with Gasteiger partial charge in [-0.25, -0.2) is 0 Å². The van der Waals surface area contributed by atoms with Crippen molar-refractivity contribution in [3.63, 3.8) is 0 Å². The van der Waals surface area contributed by atoms with E-state index >= 15 is 0 Å². The van der Waals surface area contributed by atoms with Gasteiger partial charge in [-0.2, -0.15) is 0 Å². The molecule has 1 heterocycles. The highest BCUT2D eigenvalue weighted by molar-refractivity contribution is 5.69. The monoisotopic (exact) mass is 158 g/mol. The van der Waals surface area contributed by atoms with E-state index in [2.05, 4.69) is 0 Å². The highest BCUT2D eigenvalue weighted by Gasteiger charge is 2.24. The molecule has 3 N–H and O–H groups in total. The van der Waals surface area contributed by atoms with E-state index in [9.17, 15) is 4.79 Å². The van der Waals surface area contributed by atoms with E-state index in [1.54, 1.807) is 0 Å². The molecule has 1 saturated heterocycles. The summed E-state index contributed by atoms with van der Waals surface area (Å²) in [6.45, 7) is 1.60. The molecule has 0 aliphatic carbocycles. The zero-order valence-electron chi connectivity index (χ0n) is 6.49. The van der Waals surface area contributed by atoms with Crippen LogP contribution < -0.4 is 5.73 Å². The maximum absolute atomic E-state index is 10.3. The zero-order valence-corrected chi connectivity index (χ0v) is 6.49. The molecule has 0 amide bonds. The van der Waals surface area contributed by atoms with Gasteiger partial charge in [-0.15, -0.1) is 0 Å². The molecule has 4 heteroatoms. The number of nitrogens with zero attached hydrogens (tertiary/aromatic N) is 1. The molecule has 1 unspecified atom stereocenters. The lowest BCUT2D eigenvalue weighted by Crippen LogP contribution is -2.38. The average molecular weight is 158 g/mol. The molecule has 1 aliphatic rings. The molecule has 1 aliphatic heterocycles. The molecule has 0 bridgehead atoms. The normalized spacial score (nSPS) is 25.7. The lowest BCUT2D eigenvalue weighted by atomic mass is 10.2. The zero-order chi connectivity index (χ0) is 8.27. The lowest BCUT2D eigenvalue weighted by molar-refractivity contribution is -0.138. The molecule has 0 aromatic carbocycles. The van der Waals surface area contributed by atoms with Crippen LogP contribution in [0.1, 0.15) is 12.8 Å². The summed E-state index contributed by atoms with van der Waals surface area (Å²) in [6, 6.07) is 0.297. The maximum Gasteiger partial charge on any atom is 0.317 e. The van der Waals surface area contributed by atoms with E-state index in [1.165, 1.54) is 0 Å². The van der Waals surface area contributed by atoms with Gasteiger partial charge in [-0.3, -0.25) is 9.69 Å². The van der Waals surface area contributed by atoms with Crippen LogP contribution in [-0.4, -0.2) is 41.7 Å². The third-order valence-corrected chi connectivity index (χ3v) is 2.11. The van der Waals surface area contributed by atoms with Gasteiger partial charge in [0, 0.05) is 12.6 Å². The molecule has 0 radical (unpaired) electrons. The smallest absolute Gasteiger partial charge is 0.317 e. The van der Waals surface area contributed by atoms with Gasteiger partial charge in [0.25, 0.3) is 0 Å². The van der Waals surface area contributed by atoms with Crippen LogP contribution in [0.5, 0.6) is 0 Å². The van der Waals surface area contributed by atoms with E-state index in [1.807, 2.05) is 4.90 Å². The van der Waals surface area contributed by atoms with E-state index in [4.69, 9.17) is 10.8 Å². The molecule has 0 aromatic heterocycles. The summed E-state index contributed by atoms with van der Waals surface area (Å²) in [5.74, 6) is -0.759. The molecule has 11 heavy (non-hydrogen) atoms. The molecular formula is C7H14N2O2. The minimum absolute atomic E-state index is 0.141. The van der Waals surface area contributed by atoms with Crippen LogP contribution in [0.3, 0.4) is 0 Å². The SMILES string of the molecule is NCC1CCCN1CC(=O)O. The van der Waals surface area contributed by atoms with Crippen molar-refractivity contribution in [3.05, 3.63) is 0 Å². The Balaban J connectivity index is 2.37. The van der Waals surface area contributed by atoms with Gasteiger partial charge in [0.05, 0.1) is 6.54 Å². The van der Waals surface area contributed by atoms with Crippen molar-refractivity contribution < 1.29 is 9.90 Å². The number of carboxylic acids is 1. The molecule has 0 spiro atoms. The standard InChI is InChI=1S/C7H14N2O2/c8-4-6-2-1-3-9(6)5-7(10)11/h6H,1-5,8H2,(H,10,11). The number of rotatable bonds is 3. The second-order valence-corrected chi connectivity index (χ2v) is 2.90. The first-order valence-corrected chi connectivity index (χ1v) is 3.90. The van der Waals surface area contributed by atoms with Gasteiger partial charge in [-0.05, 0) is 19.4 Å². The quantitative estimate of drug-likeness (QED) is 0.580. The molecule has 0 saturated carbocycles. The van der Waals surface area contributed by atoms with E-state index in [-0.39, 0.29) is 6.54 Å². The first kappa shape index (κ1) is 8.49.